The van der Waals surface area contributed by atoms with Gasteiger partial charge in [0.1, 0.15) is 0 Å². The third-order valence-electron chi connectivity index (χ3n) is 1.27. The molecule has 0 saturated carbocycles. The zero-order valence-electron chi connectivity index (χ0n) is 6.19. The molecule has 0 aliphatic carbocycles. The maximum atomic E-state index is 11.6. The first kappa shape index (κ1) is 10.5. The lowest BCUT2D eigenvalue weighted by atomic mass is 10.1. The van der Waals surface area contributed by atoms with Crippen LogP contribution in [0.15, 0.2) is 12.7 Å². The SMILES string of the molecule is C=CC[C@@H](N)CCC(F)(F)F. The van der Waals surface area contributed by atoms with Crippen LogP contribution in [0.25, 0.3) is 0 Å². The van der Waals surface area contributed by atoms with Gasteiger partial charge >= 0.3 is 6.18 Å². The molecule has 1 nitrogen and oxygen atoms in total. The Balaban J connectivity index is 3.45. The highest BCUT2D eigenvalue weighted by Crippen LogP contribution is 2.22. The van der Waals surface area contributed by atoms with Crippen molar-refractivity contribution in [2.45, 2.75) is 31.5 Å². The summed E-state index contributed by atoms with van der Waals surface area (Å²) in [5.74, 6) is 0. The van der Waals surface area contributed by atoms with E-state index in [1.807, 2.05) is 0 Å². The highest BCUT2D eigenvalue weighted by molar-refractivity contribution is 4.75. The summed E-state index contributed by atoms with van der Waals surface area (Å²) in [6.45, 7) is 3.38. The number of halogens is 3. The standard InChI is InChI=1S/C7H12F3N/c1-2-3-6(11)4-5-7(8,9)10/h2,6H,1,3-5,11H2/t6-/m1/s1. The zero-order valence-corrected chi connectivity index (χ0v) is 6.19. The molecule has 11 heavy (non-hydrogen) atoms. The Hall–Kier alpha value is -0.510. The largest absolute Gasteiger partial charge is 0.389 e. The van der Waals surface area contributed by atoms with Crippen molar-refractivity contribution in [1.29, 1.82) is 0 Å². The molecule has 2 N–H and O–H groups in total. The van der Waals surface area contributed by atoms with Crippen LogP contribution in [0.5, 0.6) is 0 Å². The molecule has 4 heteroatoms. The normalized spacial score (nSPS) is 14.5. The van der Waals surface area contributed by atoms with Crippen LogP contribution in [-0.2, 0) is 0 Å². The molecule has 0 rings (SSSR count). The first-order chi connectivity index (χ1) is 4.95. The summed E-state index contributed by atoms with van der Waals surface area (Å²) in [5, 5.41) is 0. The lowest BCUT2D eigenvalue weighted by Crippen LogP contribution is -2.22. The van der Waals surface area contributed by atoms with Crippen molar-refractivity contribution >= 4 is 0 Å². The number of hydrogen-bond acceptors (Lipinski definition) is 1. The molecule has 0 aromatic carbocycles. The van der Waals surface area contributed by atoms with E-state index in [1.54, 1.807) is 0 Å². The fourth-order valence-electron chi connectivity index (χ4n) is 0.681. The molecule has 0 heterocycles. The summed E-state index contributed by atoms with van der Waals surface area (Å²) in [4.78, 5) is 0. The third kappa shape index (κ3) is 7.39. The molecule has 0 aliphatic heterocycles. The topological polar surface area (TPSA) is 26.0 Å². The van der Waals surface area contributed by atoms with Crippen molar-refractivity contribution in [3.63, 3.8) is 0 Å². The minimum absolute atomic E-state index is 0.0183. The Kier molecular flexibility index (Phi) is 4.18. The van der Waals surface area contributed by atoms with Gasteiger partial charge in [0, 0.05) is 12.5 Å². The predicted molar refractivity (Wildman–Crippen MR) is 38.1 cm³/mol. The molecule has 0 unspecified atom stereocenters. The summed E-state index contributed by atoms with van der Waals surface area (Å²) in [6.07, 6.45) is -2.94. The second-order valence-electron chi connectivity index (χ2n) is 2.44. The highest BCUT2D eigenvalue weighted by atomic mass is 19.4. The summed E-state index contributed by atoms with van der Waals surface area (Å²) in [7, 11) is 0. The van der Waals surface area contributed by atoms with E-state index in [0.29, 0.717) is 6.42 Å². The molecule has 66 valence electrons. The molecule has 0 aliphatic rings. The number of rotatable bonds is 4. The lowest BCUT2D eigenvalue weighted by molar-refractivity contribution is -0.136. The van der Waals surface area contributed by atoms with E-state index in [2.05, 4.69) is 6.58 Å². The fourth-order valence-corrected chi connectivity index (χ4v) is 0.681. The Labute approximate surface area is 64.1 Å². The first-order valence-electron chi connectivity index (χ1n) is 3.39. The minimum atomic E-state index is -4.08. The first-order valence-corrected chi connectivity index (χ1v) is 3.39. The van der Waals surface area contributed by atoms with Crippen molar-refractivity contribution < 1.29 is 13.2 Å². The number of alkyl halides is 3. The quantitative estimate of drug-likeness (QED) is 0.638. The summed E-state index contributed by atoms with van der Waals surface area (Å²) in [6, 6.07) is -0.408. The number of hydrogen-bond donors (Lipinski definition) is 1. The average Bonchev–Trinajstić information content (AvgIpc) is 1.83. The lowest BCUT2D eigenvalue weighted by Gasteiger charge is -2.10. The maximum absolute atomic E-state index is 11.6. The van der Waals surface area contributed by atoms with Gasteiger partial charge in [0.2, 0.25) is 0 Å². The van der Waals surface area contributed by atoms with Crippen LogP contribution >= 0.6 is 0 Å². The average molecular weight is 167 g/mol. The van der Waals surface area contributed by atoms with Gasteiger partial charge < -0.3 is 5.73 Å². The Bertz CT molecular complexity index is 119. The van der Waals surface area contributed by atoms with Gasteiger partial charge in [-0.2, -0.15) is 13.2 Å². The van der Waals surface area contributed by atoms with Crippen LogP contribution < -0.4 is 5.73 Å². The van der Waals surface area contributed by atoms with Gasteiger partial charge in [0.15, 0.2) is 0 Å². The van der Waals surface area contributed by atoms with Crippen LogP contribution in [0.1, 0.15) is 19.3 Å². The fraction of sp³-hybridized carbons (Fsp3) is 0.714. The van der Waals surface area contributed by atoms with Gasteiger partial charge in [0.25, 0.3) is 0 Å². The number of nitrogens with two attached hydrogens (primary N) is 1. The Morgan fingerprint density at radius 2 is 2.00 bits per heavy atom. The van der Waals surface area contributed by atoms with E-state index in [-0.39, 0.29) is 6.42 Å². The van der Waals surface area contributed by atoms with Crippen molar-refractivity contribution in [3.8, 4) is 0 Å². The van der Waals surface area contributed by atoms with Crippen molar-refractivity contribution in [3.05, 3.63) is 12.7 Å². The third-order valence-corrected chi connectivity index (χ3v) is 1.27. The molecule has 0 fully saturated rings. The van der Waals surface area contributed by atoms with E-state index < -0.39 is 18.6 Å². The van der Waals surface area contributed by atoms with Gasteiger partial charge in [-0.05, 0) is 12.8 Å². The van der Waals surface area contributed by atoms with Gasteiger partial charge in [-0.25, -0.2) is 0 Å². The maximum Gasteiger partial charge on any atom is 0.389 e. The van der Waals surface area contributed by atoms with E-state index >= 15 is 0 Å². The molecule has 0 aromatic heterocycles. The Morgan fingerprint density at radius 1 is 1.45 bits per heavy atom. The van der Waals surface area contributed by atoms with Gasteiger partial charge in [0.05, 0.1) is 0 Å². The van der Waals surface area contributed by atoms with Gasteiger partial charge in [-0.1, -0.05) is 6.08 Å². The smallest absolute Gasteiger partial charge is 0.327 e. The summed E-state index contributed by atoms with van der Waals surface area (Å²) < 4.78 is 34.7. The second-order valence-corrected chi connectivity index (χ2v) is 2.44. The van der Waals surface area contributed by atoms with Crippen LogP contribution in [0.2, 0.25) is 0 Å². The molecule has 0 aromatic rings. The molecule has 0 spiro atoms. The van der Waals surface area contributed by atoms with E-state index in [0.717, 1.165) is 0 Å². The molecule has 1 atom stereocenters. The van der Waals surface area contributed by atoms with Crippen LogP contribution in [-0.4, -0.2) is 12.2 Å². The van der Waals surface area contributed by atoms with Crippen molar-refractivity contribution in [2.24, 2.45) is 5.73 Å². The van der Waals surface area contributed by atoms with Gasteiger partial charge in [-0.3, -0.25) is 0 Å². The highest BCUT2D eigenvalue weighted by Gasteiger charge is 2.27. The molecule has 0 radical (unpaired) electrons. The van der Waals surface area contributed by atoms with E-state index in [4.69, 9.17) is 5.73 Å². The van der Waals surface area contributed by atoms with Crippen LogP contribution in [0, 0.1) is 0 Å². The van der Waals surface area contributed by atoms with Crippen molar-refractivity contribution in [1.82, 2.24) is 0 Å². The van der Waals surface area contributed by atoms with Crippen LogP contribution in [0.3, 0.4) is 0 Å². The summed E-state index contributed by atoms with van der Waals surface area (Å²) >= 11 is 0. The Morgan fingerprint density at radius 3 is 2.36 bits per heavy atom. The van der Waals surface area contributed by atoms with E-state index in [1.165, 1.54) is 6.08 Å². The van der Waals surface area contributed by atoms with Crippen LogP contribution in [0.4, 0.5) is 13.2 Å². The minimum Gasteiger partial charge on any atom is -0.327 e. The predicted octanol–water partition coefficient (Wildman–Crippen LogP) is 2.23. The monoisotopic (exact) mass is 167 g/mol. The second kappa shape index (κ2) is 4.38. The van der Waals surface area contributed by atoms with Crippen molar-refractivity contribution in [2.75, 3.05) is 0 Å². The molecule has 0 amide bonds. The van der Waals surface area contributed by atoms with Gasteiger partial charge in [-0.15, -0.1) is 6.58 Å². The molecule has 0 bridgehead atoms. The molecular weight excluding hydrogens is 155 g/mol. The molecular formula is C7H12F3N. The summed E-state index contributed by atoms with van der Waals surface area (Å²) in [5.41, 5.74) is 5.32. The molecule has 0 saturated heterocycles. The zero-order chi connectivity index (χ0) is 8.91. The van der Waals surface area contributed by atoms with E-state index in [9.17, 15) is 13.2 Å².